The topological polar surface area (TPSA) is 72.9 Å². The molecular weight excluding hydrogens is 258 g/mol. The summed E-state index contributed by atoms with van der Waals surface area (Å²) >= 11 is 0. The number of carbonyl (C=O) groups is 2. The van der Waals surface area contributed by atoms with E-state index in [0.717, 1.165) is 32.2 Å². The van der Waals surface area contributed by atoms with Crippen molar-refractivity contribution < 1.29 is 14.7 Å². The largest absolute Gasteiger partial charge is 0.481 e. The van der Waals surface area contributed by atoms with E-state index in [0.29, 0.717) is 13.0 Å². The fourth-order valence-corrected chi connectivity index (χ4v) is 3.11. The number of hydrogen-bond acceptors (Lipinski definition) is 3. The molecule has 1 saturated heterocycles. The Balaban J connectivity index is 1.62. The Labute approximate surface area is 120 Å². The molecule has 2 N–H and O–H groups in total. The van der Waals surface area contributed by atoms with Gasteiger partial charge in [0.25, 0.3) is 0 Å². The molecule has 1 aliphatic carbocycles. The summed E-state index contributed by atoms with van der Waals surface area (Å²) < 4.78 is 0. The highest BCUT2D eigenvalue weighted by molar-refractivity contribution is 5.74. The minimum absolute atomic E-state index is 0.0542. The SMILES string of the molecule is O=C(O)CCCNC(=O)N1CCN(C2CCCC2)CC1. The maximum atomic E-state index is 11.9. The maximum absolute atomic E-state index is 11.9. The van der Waals surface area contributed by atoms with E-state index in [1.54, 1.807) is 0 Å². The van der Waals surface area contributed by atoms with Crippen molar-refractivity contribution in [1.29, 1.82) is 0 Å². The zero-order chi connectivity index (χ0) is 14.4. The van der Waals surface area contributed by atoms with Gasteiger partial charge in [-0.1, -0.05) is 12.8 Å². The Hall–Kier alpha value is -1.30. The summed E-state index contributed by atoms with van der Waals surface area (Å²) in [5.41, 5.74) is 0. The van der Waals surface area contributed by atoms with Crippen molar-refractivity contribution in [3.63, 3.8) is 0 Å². The van der Waals surface area contributed by atoms with E-state index in [4.69, 9.17) is 5.11 Å². The molecule has 6 heteroatoms. The molecule has 2 fully saturated rings. The molecular formula is C14H25N3O3. The highest BCUT2D eigenvalue weighted by Gasteiger charge is 2.27. The second-order valence-electron chi connectivity index (χ2n) is 5.69. The molecule has 0 atom stereocenters. The van der Waals surface area contributed by atoms with Crippen LogP contribution in [-0.4, -0.2) is 65.7 Å². The van der Waals surface area contributed by atoms with Crippen molar-refractivity contribution in [2.24, 2.45) is 0 Å². The van der Waals surface area contributed by atoms with Crippen molar-refractivity contribution in [3.05, 3.63) is 0 Å². The Morgan fingerprint density at radius 2 is 1.75 bits per heavy atom. The fraction of sp³-hybridized carbons (Fsp3) is 0.857. The number of piperazine rings is 1. The Morgan fingerprint density at radius 3 is 2.35 bits per heavy atom. The zero-order valence-corrected chi connectivity index (χ0v) is 12.0. The number of urea groups is 1. The second-order valence-corrected chi connectivity index (χ2v) is 5.69. The zero-order valence-electron chi connectivity index (χ0n) is 12.0. The number of hydrogen-bond donors (Lipinski definition) is 2. The normalized spacial score (nSPS) is 21.1. The van der Waals surface area contributed by atoms with Gasteiger partial charge < -0.3 is 15.3 Å². The van der Waals surface area contributed by atoms with Crippen LogP contribution in [0.1, 0.15) is 38.5 Å². The first-order valence-corrected chi connectivity index (χ1v) is 7.65. The Morgan fingerprint density at radius 1 is 1.10 bits per heavy atom. The van der Waals surface area contributed by atoms with Gasteiger partial charge in [0, 0.05) is 45.2 Å². The third-order valence-corrected chi connectivity index (χ3v) is 4.29. The summed E-state index contributed by atoms with van der Waals surface area (Å²) in [7, 11) is 0. The first-order chi connectivity index (χ1) is 9.66. The first-order valence-electron chi connectivity index (χ1n) is 7.65. The van der Waals surface area contributed by atoms with E-state index < -0.39 is 5.97 Å². The standard InChI is InChI=1S/C14H25N3O3/c18-13(19)6-3-7-15-14(20)17-10-8-16(9-11-17)12-4-1-2-5-12/h12H,1-11H2,(H,15,20)(H,18,19). The monoisotopic (exact) mass is 283 g/mol. The van der Waals surface area contributed by atoms with Gasteiger partial charge in [-0.3, -0.25) is 9.69 Å². The molecule has 1 saturated carbocycles. The number of carboxylic acids is 1. The molecule has 1 heterocycles. The molecule has 2 rings (SSSR count). The third kappa shape index (κ3) is 4.37. The lowest BCUT2D eigenvalue weighted by molar-refractivity contribution is -0.137. The second kappa shape index (κ2) is 7.47. The predicted molar refractivity (Wildman–Crippen MR) is 75.7 cm³/mol. The molecule has 0 bridgehead atoms. The summed E-state index contributed by atoms with van der Waals surface area (Å²) in [5.74, 6) is -0.815. The van der Waals surface area contributed by atoms with Crippen LogP contribution in [0, 0.1) is 0 Å². The molecule has 0 unspecified atom stereocenters. The van der Waals surface area contributed by atoms with Gasteiger partial charge in [-0.15, -0.1) is 0 Å². The molecule has 2 amide bonds. The van der Waals surface area contributed by atoms with Gasteiger partial charge in [0.05, 0.1) is 0 Å². The van der Waals surface area contributed by atoms with Gasteiger partial charge in [0.1, 0.15) is 0 Å². The van der Waals surface area contributed by atoms with Crippen molar-refractivity contribution in [2.75, 3.05) is 32.7 Å². The molecule has 114 valence electrons. The minimum atomic E-state index is -0.815. The number of amides is 2. The smallest absolute Gasteiger partial charge is 0.317 e. The van der Waals surface area contributed by atoms with E-state index in [1.165, 1.54) is 25.7 Å². The lowest BCUT2D eigenvalue weighted by Gasteiger charge is -2.38. The summed E-state index contributed by atoms with van der Waals surface area (Å²) in [6.45, 7) is 3.93. The molecule has 1 aliphatic heterocycles. The Kier molecular flexibility index (Phi) is 5.64. The van der Waals surface area contributed by atoms with Gasteiger partial charge in [-0.05, 0) is 19.3 Å². The molecule has 20 heavy (non-hydrogen) atoms. The van der Waals surface area contributed by atoms with Gasteiger partial charge in [0.15, 0.2) is 0 Å². The van der Waals surface area contributed by atoms with E-state index in [1.807, 2.05) is 4.90 Å². The van der Waals surface area contributed by atoms with Crippen LogP contribution >= 0.6 is 0 Å². The number of nitrogens with one attached hydrogen (secondary N) is 1. The van der Waals surface area contributed by atoms with Crippen LogP contribution in [0.4, 0.5) is 4.79 Å². The van der Waals surface area contributed by atoms with Gasteiger partial charge in [-0.2, -0.15) is 0 Å². The lowest BCUT2D eigenvalue weighted by Crippen LogP contribution is -2.53. The van der Waals surface area contributed by atoms with Crippen molar-refractivity contribution in [2.45, 2.75) is 44.6 Å². The van der Waals surface area contributed by atoms with Crippen LogP contribution in [0.15, 0.2) is 0 Å². The molecule has 0 radical (unpaired) electrons. The van der Waals surface area contributed by atoms with Crippen molar-refractivity contribution in [1.82, 2.24) is 15.1 Å². The number of carboxylic acid groups (broad SMARTS) is 1. The molecule has 0 spiro atoms. The highest BCUT2D eigenvalue weighted by Crippen LogP contribution is 2.24. The summed E-state index contributed by atoms with van der Waals surface area (Å²) in [6, 6.07) is 0.678. The van der Waals surface area contributed by atoms with Crippen molar-refractivity contribution in [3.8, 4) is 0 Å². The predicted octanol–water partition coefficient (Wildman–Crippen LogP) is 1.12. The molecule has 0 aromatic rings. The van der Waals surface area contributed by atoms with E-state index in [2.05, 4.69) is 10.2 Å². The number of carbonyl (C=O) groups excluding carboxylic acids is 1. The number of aliphatic carboxylic acids is 1. The lowest BCUT2D eigenvalue weighted by atomic mass is 10.2. The number of rotatable bonds is 5. The van der Waals surface area contributed by atoms with Crippen LogP contribution in [0.3, 0.4) is 0 Å². The van der Waals surface area contributed by atoms with Crippen LogP contribution in [0.25, 0.3) is 0 Å². The number of nitrogens with zero attached hydrogens (tertiary/aromatic N) is 2. The van der Waals surface area contributed by atoms with Gasteiger partial charge >= 0.3 is 12.0 Å². The average molecular weight is 283 g/mol. The first kappa shape index (κ1) is 15.1. The van der Waals surface area contributed by atoms with E-state index in [-0.39, 0.29) is 12.5 Å². The highest BCUT2D eigenvalue weighted by atomic mass is 16.4. The molecule has 0 aromatic carbocycles. The van der Waals surface area contributed by atoms with Gasteiger partial charge in [-0.25, -0.2) is 4.79 Å². The van der Waals surface area contributed by atoms with Crippen LogP contribution in [0.2, 0.25) is 0 Å². The maximum Gasteiger partial charge on any atom is 0.317 e. The molecule has 6 nitrogen and oxygen atoms in total. The summed E-state index contributed by atoms with van der Waals surface area (Å²) in [6.07, 6.45) is 5.89. The summed E-state index contributed by atoms with van der Waals surface area (Å²) in [5, 5.41) is 11.3. The van der Waals surface area contributed by atoms with Gasteiger partial charge in [0.2, 0.25) is 0 Å². The minimum Gasteiger partial charge on any atom is -0.481 e. The van der Waals surface area contributed by atoms with E-state index >= 15 is 0 Å². The molecule has 2 aliphatic rings. The summed E-state index contributed by atoms with van der Waals surface area (Å²) in [4.78, 5) is 26.7. The molecule has 0 aromatic heterocycles. The van der Waals surface area contributed by atoms with Crippen molar-refractivity contribution >= 4 is 12.0 Å². The average Bonchev–Trinajstić information content (AvgIpc) is 2.97. The quantitative estimate of drug-likeness (QED) is 0.742. The van der Waals surface area contributed by atoms with E-state index in [9.17, 15) is 9.59 Å². The van der Waals surface area contributed by atoms with Crippen LogP contribution in [-0.2, 0) is 4.79 Å². The fourth-order valence-electron chi connectivity index (χ4n) is 3.11. The van der Waals surface area contributed by atoms with Crippen LogP contribution < -0.4 is 5.32 Å². The third-order valence-electron chi connectivity index (χ3n) is 4.29. The Bertz CT molecular complexity index is 335. The van der Waals surface area contributed by atoms with Crippen LogP contribution in [0.5, 0.6) is 0 Å².